The second-order valence-electron chi connectivity index (χ2n) is 4.32. The van der Waals surface area contributed by atoms with Crippen LogP contribution in [0.2, 0.25) is 5.02 Å². The van der Waals surface area contributed by atoms with Crippen molar-refractivity contribution >= 4 is 27.1 Å². The van der Waals surface area contributed by atoms with Crippen LogP contribution in [-0.2, 0) is 16.4 Å². The molecule has 1 aromatic carbocycles. The molecule has 0 bridgehead atoms. The van der Waals surface area contributed by atoms with Crippen molar-refractivity contribution < 1.29 is 8.42 Å². The van der Waals surface area contributed by atoms with Gasteiger partial charge in [0.15, 0.2) is 9.84 Å². The van der Waals surface area contributed by atoms with Gasteiger partial charge in [-0.3, -0.25) is 4.90 Å². The zero-order valence-corrected chi connectivity index (χ0v) is 11.0. The van der Waals surface area contributed by atoms with Gasteiger partial charge in [0.25, 0.3) is 0 Å². The molecule has 2 rings (SSSR count). The van der Waals surface area contributed by atoms with E-state index in [1.54, 1.807) is 6.07 Å². The van der Waals surface area contributed by atoms with Crippen molar-refractivity contribution in [2.75, 3.05) is 30.3 Å². The van der Waals surface area contributed by atoms with Gasteiger partial charge >= 0.3 is 0 Å². The van der Waals surface area contributed by atoms with Crippen molar-refractivity contribution in [2.24, 2.45) is 0 Å². The molecule has 0 saturated carbocycles. The summed E-state index contributed by atoms with van der Waals surface area (Å²) in [5, 5.41) is 0.615. The first-order valence-corrected chi connectivity index (χ1v) is 7.62. The van der Waals surface area contributed by atoms with Gasteiger partial charge in [0.1, 0.15) is 0 Å². The Kier molecular flexibility index (Phi) is 3.61. The lowest BCUT2D eigenvalue weighted by molar-refractivity contribution is 0.288. The summed E-state index contributed by atoms with van der Waals surface area (Å²) >= 11 is 5.92. The first kappa shape index (κ1) is 12.7. The van der Waals surface area contributed by atoms with Crippen molar-refractivity contribution in [1.29, 1.82) is 0 Å². The van der Waals surface area contributed by atoms with Crippen LogP contribution in [0, 0.1) is 0 Å². The minimum absolute atomic E-state index is 0.239. The average molecular weight is 275 g/mol. The van der Waals surface area contributed by atoms with Gasteiger partial charge in [-0.1, -0.05) is 11.6 Å². The fraction of sp³-hybridized carbons (Fsp3) is 0.455. The summed E-state index contributed by atoms with van der Waals surface area (Å²) in [6.07, 6.45) is 0. The van der Waals surface area contributed by atoms with E-state index in [-0.39, 0.29) is 11.5 Å². The van der Waals surface area contributed by atoms with Crippen molar-refractivity contribution in [2.45, 2.75) is 6.54 Å². The maximum atomic E-state index is 11.3. The lowest BCUT2D eigenvalue weighted by atomic mass is 10.2. The van der Waals surface area contributed by atoms with E-state index in [4.69, 9.17) is 17.3 Å². The van der Waals surface area contributed by atoms with E-state index < -0.39 is 9.84 Å². The molecule has 0 spiro atoms. The van der Waals surface area contributed by atoms with Gasteiger partial charge in [0.2, 0.25) is 0 Å². The summed E-state index contributed by atoms with van der Waals surface area (Å²) in [6.45, 7) is 1.85. The SMILES string of the molecule is Nc1cc(Cl)cc(CN2CCS(=O)(=O)CC2)c1. The highest BCUT2D eigenvalue weighted by Gasteiger charge is 2.21. The van der Waals surface area contributed by atoms with Gasteiger partial charge in [-0.15, -0.1) is 0 Å². The summed E-state index contributed by atoms with van der Waals surface area (Å²) in [5.74, 6) is 0.478. The molecule has 4 nitrogen and oxygen atoms in total. The Morgan fingerprint density at radius 1 is 1.24 bits per heavy atom. The van der Waals surface area contributed by atoms with Crippen LogP contribution < -0.4 is 5.73 Å². The molecule has 0 amide bonds. The lowest BCUT2D eigenvalue weighted by Crippen LogP contribution is -2.39. The van der Waals surface area contributed by atoms with Crippen LogP contribution in [0.15, 0.2) is 18.2 Å². The van der Waals surface area contributed by atoms with E-state index in [1.165, 1.54) is 0 Å². The Bertz CT molecular complexity index is 482. The molecule has 1 aliphatic heterocycles. The van der Waals surface area contributed by atoms with Gasteiger partial charge in [-0.2, -0.15) is 0 Å². The van der Waals surface area contributed by atoms with Crippen LogP contribution >= 0.6 is 11.6 Å². The second kappa shape index (κ2) is 4.84. The third-order valence-corrected chi connectivity index (χ3v) is 4.65. The van der Waals surface area contributed by atoms with E-state index in [2.05, 4.69) is 4.90 Å². The van der Waals surface area contributed by atoms with E-state index in [0.29, 0.717) is 30.3 Å². The quantitative estimate of drug-likeness (QED) is 0.822. The topological polar surface area (TPSA) is 63.4 Å². The maximum Gasteiger partial charge on any atom is 0.152 e. The van der Waals surface area contributed by atoms with Crippen molar-refractivity contribution in [3.8, 4) is 0 Å². The Hall–Kier alpha value is -0.780. The summed E-state index contributed by atoms with van der Waals surface area (Å²) in [7, 11) is -2.82. The Balaban J connectivity index is 2.02. The number of nitrogens with two attached hydrogens (primary N) is 1. The predicted octanol–water partition coefficient (Wildman–Crippen LogP) is 1.15. The molecule has 1 heterocycles. The number of hydrogen-bond donors (Lipinski definition) is 1. The van der Waals surface area contributed by atoms with Crippen molar-refractivity contribution in [1.82, 2.24) is 4.90 Å². The number of rotatable bonds is 2. The van der Waals surface area contributed by atoms with Crippen molar-refractivity contribution in [3.63, 3.8) is 0 Å². The molecule has 1 aromatic rings. The Morgan fingerprint density at radius 3 is 2.47 bits per heavy atom. The molecule has 6 heteroatoms. The second-order valence-corrected chi connectivity index (χ2v) is 7.06. The highest BCUT2D eigenvalue weighted by Crippen LogP contribution is 2.18. The van der Waals surface area contributed by atoms with Gasteiger partial charge < -0.3 is 5.73 Å². The van der Waals surface area contributed by atoms with Gasteiger partial charge in [-0.05, 0) is 23.8 Å². The average Bonchev–Trinajstić information content (AvgIpc) is 2.20. The first-order chi connectivity index (χ1) is 7.94. The number of nitrogen functional groups attached to an aromatic ring is 1. The molecule has 2 N–H and O–H groups in total. The van der Waals surface area contributed by atoms with Crippen LogP contribution in [0.1, 0.15) is 5.56 Å². The maximum absolute atomic E-state index is 11.3. The standard InChI is InChI=1S/C11H15ClN2O2S/c12-10-5-9(6-11(13)7-10)8-14-1-3-17(15,16)4-2-14/h5-7H,1-4,8,13H2. The molecule has 0 aliphatic carbocycles. The van der Waals surface area contributed by atoms with E-state index >= 15 is 0 Å². The molecule has 94 valence electrons. The van der Waals surface area contributed by atoms with Gasteiger partial charge in [-0.25, -0.2) is 8.42 Å². The molecular formula is C11H15ClN2O2S. The van der Waals surface area contributed by atoms with Gasteiger partial charge in [0, 0.05) is 30.3 Å². The van der Waals surface area contributed by atoms with Crippen LogP contribution in [-0.4, -0.2) is 37.9 Å². The van der Waals surface area contributed by atoms with E-state index in [9.17, 15) is 8.42 Å². The molecule has 0 aromatic heterocycles. The number of benzene rings is 1. The minimum Gasteiger partial charge on any atom is -0.399 e. The molecule has 17 heavy (non-hydrogen) atoms. The lowest BCUT2D eigenvalue weighted by Gasteiger charge is -2.26. The normalized spacial score (nSPS) is 20.3. The smallest absolute Gasteiger partial charge is 0.152 e. The molecule has 0 unspecified atom stereocenters. The van der Waals surface area contributed by atoms with E-state index in [1.807, 2.05) is 12.1 Å². The summed E-state index contributed by atoms with van der Waals surface area (Å²) in [6, 6.07) is 5.43. The third kappa shape index (κ3) is 3.59. The zero-order valence-electron chi connectivity index (χ0n) is 9.39. The summed E-state index contributed by atoms with van der Waals surface area (Å²) in [5.41, 5.74) is 7.37. The van der Waals surface area contributed by atoms with Crippen LogP contribution in [0.4, 0.5) is 5.69 Å². The van der Waals surface area contributed by atoms with Crippen LogP contribution in [0.25, 0.3) is 0 Å². The minimum atomic E-state index is -2.82. The largest absolute Gasteiger partial charge is 0.399 e. The molecule has 1 fully saturated rings. The number of halogens is 1. The summed E-state index contributed by atoms with van der Waals surface area (Å²) < 4.78 is 22.6. The monoisotopic (exact) mass is 274 g/mol. The Morgan fingerprint density at radius 2 is 1.88 bits per heavy atom. The highest BCUT2D eigenvalue weighted by molar-refractivity contribution is 7.91. The number of nitrogens with zero attached hydrogens (tertiary/aromatic N) is 1. The molecule has 0 radical (unpaired) electrons. The molecule has 1 aliphatic rings. The van der Waals surface area contributed by atoms with Crippen LogP contribution in [0.5, 0.6) is 0 Å². The number of sulfone groups is 1. The Labute approximate surface area is 106 Å². The fourth-order valence-electron chi connectivity index (χ4n) is 1.93. The van der Waals surface area contributed by atoms with Crippen molar-refractivity contribution in [3.05, 3.63) is 28.8 Å². The molecular weight excluding hydrogens is 260 g/mol. The van der Waals surface area contributed by atoms with E-state index in [0.717, 1.165) is 5.56 Å². The highest BCUT2D eigenvalue weighted by atomic mass is 35.5. The third-order valence-electron chi connectivity index (χ3n) is 2.82. The zero-order chi connectivity index (χ0) is 12.5. The molecule has 0 atom stereocenters. The number of anilines is 1. The molecule has 1 saturated heterocycles. The van der Waals surface area contributed by atoms with Crippen LogP contribution in [0.3, 0.4) is 0 Å². The number of hydrogen-bond acceptors (Lipinski definition) is 4. The van der Waals surface area contributed by atoms with Gasteiger partial charge in [0.05, 0.1) is 11.5 Å². The summed E-state index contributed by atoms with van der Waals surface area (Å²) in [4.78, 5) is 2.10. The first-order valence-electron chi connectivity index (χ1n) is 5.42. The fourth-order valence-corrected chi connectivity index (χ4v) is 3.48. The predicted molar refractivity (Wildman–Crippen MR) is 69.8 cm³/mol.